The zero-order valence-electron chi connectivity index (χ0n) is 16.7. The molecule has 11 nitrogen and oxygen atoms in total. The van der Waals surface area contributed by atoms with Crippen molar-refractivity contribution in [1.82, 2.24) is 0 Å². The molecule has 0 heterocycles. The van der Waals surface area contributed by atoms with Crippen LogP contribution in [0.3, 0.4) is 0 Å². The molecular weight excluding hydrogens is 380 g/mol. The maximum Gasteiger partial charge on any atom is 0.303 e. The standard InChI is InChI=1S/C6H10O4.C6H14O3.C3H8O2.C2H6O2/c7-5(8)3-1-2-4-6(9)10;1-2-6(3-7,4-8)5-9;1-3(5)2-4;3-1-2-4/h1-4H2,(H,7,8)(H,9,10);7-9H,2-5H2,1H3;3-5H,2H2,1H3;3-4H,1-2H2. The van der Waals surface area contributed by atoms with Gasteiger partial charge in [-0.1, -0.05) is 6.92 Å². The van der Waals surface area contributed by atoms with Crippen molar-refractivity contribution in [1.29, 1.82) is 0 Å². The topological polar surface area (TPSA) is 216 Å². The second kappa shape index (κ2) is 25.7. The minimum absolute atomic E-state index is 0.0628. The second-order valence-corrected chi connectivity index (χ2v) is 5.80. The summed E-state index contributed by atoms with van der Waals surface area (Å²) < 4.78 is 0. The van der Waals surface area contributed by atoms with Crippen molar-refractivity contribution >= 4 is 11.9 Å². The van der Waals surface area contributed by atoms with Gasteiger partial charge in [0.1, 0.15) is 0 Å². The van der Waals surface area contributed by atoms with Crippen molar-refractivity contribution < 1.29 is 55.5 Å². The van der Waals surface area contributed by atoms with Crippen molar-refractivity contribution in [2.75, 3.05) is 39.6 Å². The Morgan fingerprint density at radius 1 is 0.786 bits per heavy atom. The van der Waals surface area contributed by atoms with Crippen molar-refractivity contribution in [2.45, 2.75) is 52.1 Å². The molecule has 0 radical (unpaired) electrons. The maximum atomic E-state index is 9.90. The molecule has 0 rings (SSSR count). The van der Waals surface area contributed by atoms with Crippen LogP contribution in [0, 0.1) is 5.41 Å². The van der Waals surface area contributed by atoms with E-state index in [-0.39, 0.29) is 52.5 Å². The maximum absolute atomic E-state index is 9.90. The molecule has 0 fully saturated rings. The second-order valence-electron chi connectivity index (χ2n) is 5.80. The minimum Gasteiger partial charge on any atom is -0.481 e. The highest BCUT2D eigenvalue weighted by molar-refractivity contribution is 5.67. The fourth-order valence-electron chi connectivity index (χ4n) is 1.04. The summed E-state index contributed by atoms with van der Waals surface area (Å²) in [5.74, 6) is -1.74. The zero-order chi connectivity index (χ0) is 23.0. The van der Waals surface area contributed by atoms with Crippen LogP contribution in [0.4, 0.5) is 0 Å². The van der Waals surface area contributed by atoms with E-state index in [9.17, 15) is 9.59 Å². The first-order valence-electron chi connectivity index (χ1n) is 8.83. The van der Waals surface area contributed by atoms with Gasteiger partial charge in [-0.05, 0) is 26.2 Å². The van der Waals surface area contributed by atoms with E-state index in [1.165, 1.54) is 6.92 Å². The van der Waals surface area contributed by atoms with Gasteiger partial charge in [0.05, 0.1) is 45.7 Å². The third-order valence-corrected chi connectivity index (χ3v) is 3.15. The molecule has 1 unspecified atom stereocenters. The molecule has 0 saturated carbocycles. The Balaban J connectivity index is -0.000000146. The lowest BCUT2D eigenvalue weighted by Crippen LogP contribution is -2.32. The molecule has 28 heavy (non-hydrogen) atoms. The third-order valence-electron chi connectivity index (χ3n) is 3.15. The van der Waals surface area contributed by atoms with Crippen molar-refractivity contribution in [3.8, 4) is 0 Å². The minimum atomic E-state index is -0.870. The smallest absolute Gasteiger partial charge is 0.303 e. The van der Waals surface area contributed by atoms with Crippen LogP contribution in [-0.4, -0.2) is 104 Å². The van der Waals surface area contributed by atoms with E-state index < -0.39 is 23.5 Å². The van der Waals surface area contributed by atoms with Gasteiger partial charge in [0.25, 0.3) is 0 Å². The quantitative estimate of drug-likeness (QED) is 0.174. The van der Waals surface area contributed by atoms with Crippen LogP contribution in [0.25, 0.3) is 0 Å². The van der Waals surface area contributed by atoms with Gasteiger partial charge < -0.3 is 46.0 Å². The number of aliphatic hydroxyl groups excluding tert-OH is 7. The Labute approximate surface area is 165 Å². The van der Waals surface area contributed by atoms with Crippen molar-refractivity contribution in [3.63, 3.8) is 0 Å². The first kappa shape index (κ1) is 34.2. The number of carboxylic acid groups (broad SMARTS) is 2. The van der Waals surface area contributed by atoms with Gasteiger partial charge in [0, 0.05) is 18.3 Å². The fraction of sp³-hybridized carbons (Fsp3) is 0.882. The molecule has 0 spiro atoms. The average Bonchev–Trinajstić information content (AvgIpc) is 2.68. The van der Waals surface area contributed by atoms with Crippen LogP contribution in [0.5, 0.6) is 0 Å². The Bertz CT molecular complexity index is 296. The predicted molar refractivity (Wildman–Crippen MR) is 101 cm³/mol. The number of aliphatic hydroxyl groups is 7. The Hall–Kier alpha value is -1.34. The highest BCUT2D eigenvalue weighted by Crippen LogP contribution is 2.18. The van der Waals surface area contributed by atoms with Gasteiger partial charge in [-0.25, -0.2) is 0 Å². The van der Waals surface area contributed by atoms with E-state index in [4.69, 9.17) is 46.0 Å². The largest absolute Gasteiger partial charge is 0.481 e. The number of carboxylic acids is 2. The van der Waals surface area contributed by atoms with Gasteiger partial charge in [-0.15, -0.1) is 0 Å². The molecule has 172 valence electrons. The number of carbonyl (C=O) groups is 2. The molecular formula is C17H38O11. The molecule has 0 aromatic heterocycles. The van der Waals surface area contributed by atoms with Gasteiger partial charge in [0.2, 0.25) is 0 Å². The summed E-state index contributed by atoms with van der Waals surface area (Å²) in [4.78, 5) is 19.8. The molecule has 0 aromatic rings. The Kier molecular flexibility index (Phi) is 31.3. The molecule has 0 aliphatic rings. The first-order chi connectivity index (χ1) is 13.1. The lowest BCUT2D eigenvalue weighted by molar-refractivity contribution is -0.139. The van der Waals surface area contributed by atoms with Gasteiger partial charge in [0.15, 0.2) is 0 Å². The fourth-order valence-corrected chi connectivity index (χ4v) is 1.04. The lowest BCUT2D eigenvalue weighted by atomic mass is 9.88. The summed E-state index contributed by atoms with van der Waals surface area (Å²) in [7, 11) is 0. The van der Waals surface area contributed by atoms with Gasteiger partial charge >= 0.3 is 11.9 Å². The van der Waals surface area contributed by atoms with Gasteiger partial charge in [-0.2, -0.15) is 0 Å². The van der Waals surface area contributed by atoms with Crippen LogP contribution in [-0.2, 0) is 9.59 Å². The number of aliphatic carboxylic acids is 2. The van der Waals surface area contributed by atoms with Crippen molar-refractivity contribution in [3.05, 3.63) is 0 Å². The number of hydrogen-bond donors (Lipinski definition) is 9. The molecule has 0 aromatic carbocycles. The summed E-state index contributed by atoms with van der Waals surface area (Å²) in [6, 6.07) is 0. The summed E-state index contributed by atoms with van der Waals surface area (Å²) in [5.41, 5.74) is -0.667. The van der Waals surface area contributed by atoms with E-state index >= 15 is 0 Å². The predicted octanol–water partition coefficient (Wildman–Crippen LogP) is -1.59. The average molecular weight is 418 g/mol. The number of hydrogen-bond acceptors (Lipinski definition) is 9. The third kappa shape index (κ3) is 32.3. The van der Waals surface area contributed by atoms with Crippen LogP contribution in [0.2, 0.25) is 0 Å². The highest BCUT2D eigenvalue weighted by atomic mass is 16.4. The molecule has 9 N–H and O–H groups in total. The Morgan fingerprint density at radius 2 is 1.07 bits per heavy atom. The van der Waals surface area contributed by atoms with Crippen LogP contribution in [0.1, 0.15) is 46.0 Å². The lowest BCUT2D eigenvalue weighted by Gasteiger charge is -2.24. The summed E-state index contributed by atoms with van der Waals surface area (Å²) in [5, 5.41) is 73.5. The van der Waals surface area contributed by atoms with Crippen LogP contribution < -0.4 is 0 Å². The van der Waals surface area contributed by atoms with E-state index in [0.29, 0.717) is 19.3 Å². The SMILES string of the molecule is CC(O)CO.CCC(CO)(CO)CO.O=C(O)CCCCC(=O)O.OCCO. The molecule has 0 amide bonds. The van der Waals surface area contributed by atoms with E-state index in [2.05, 4.69) is 0 Å². The van der Waals surface area contributed by atoms with Crippen molar-refractivity contribution in [2.24, 2.45) is 5.41 Å². The molecule has 1 atom stereocenters. The zero-order valence-corrected chi connectivity index (χ0v) is 16.7. The number of unbranched alkanes of at least 4 members (excludes halogenated alkanes) is 1. The number of rotatable bonds is 11. The molecule has 0 saturated heterocycles. The first-order valence-corrected chi connectivity index (χ1v) is 8.83. The monoisotopic (exact) mass is 418 g/mol. The van der Waals surface area contributed by atoms with E-state index in [0.717, 1.165) is 0 Å². The highest BCUT2D eigenvalue weighted by Gasteiger charge is 2.24. The molecule has 0 aliphatic carbocycles. The molecule has 0 aliphatic heterocycles. The summed E-state index contributed by atoms with van der Waals surface area (Å²) in [6.07, 6.45) is 1.05. The van der Waals surface area contributed by atoms with Crippen LogP contribution >= 0.6 is 0 Å². The molecule has 11 heteroatoms. The van der Waals surface area contributed by atoms with Crippen LogP contribution in [0.15, 0.2) is 0 Å². The normalized spacial score (nSPS) is 10.9. The summed E-state index contributed by atoms with van der Waals surface area (Å²) >= 11 is 0. The Morgan fingerprint density at radius 3 is 1.14 bits per heavy atom. The summed E-state index contributed by atoms with van der Waals surface area (Å²) in [6.45, 7) is 2.49. The molecule has 0 bridgehead atoms. The van der Waals surface area contributed by atoms with E-state index in [1.807, 2.05) is 6.92 Å². The van der Waals surface area contributed by atoms with Gasteiger partial charge in [-0.3, -0.25) is 9.59 Å². The van der Waals surface area contributed by atoms with E-state index in [1.54, 1.807) is 0 Å².